The summed E-state index contributed by atoms with van der Waals surface area (Å²) in [5.74, 6) is -4.80. The molecule has 0 aliphatic heterocycles. The molecular weight excluding hydrogens is 348 g/mol. The number of thiol groups is 2. The average Bonchev–Trinajstić information content (AvgIpc) is 2.48. The van der Waals surface area contributed by atoms with E-state index < -0.39 is 47.8 Å². The third-order valence-electron chi connectivity index (χ3n) is 2.44. The molecule has 4 N–H and O–H groups in total. The summed E-state index contributed by atoms with van der Waals surface area (Å²) in [4.78, 5) is 55.6. The van der Waals surface area contributed by atoms with Crippen LogP contribution in [0.25, 0.3) is 0 Å². The van der Waals surface area contributed by atoms with Gasteiger partial charge >= 0.3 is 11.9 Å². The summed E-state index contributed by atoms with van der Waals surface area (Å²) in [6.07, 6.45) is 0.378. The number of hydrogen-bond donors (Lipinski definition) is 6. The van der Waals surface area contributed by atoms with Gasteiger partial charge in [0.1, 0.15) is 12.3 Å². The van der Waals surface area contributed by atoms with Gasteiger partial charge in [-0.3, -0.25) is 9.59 Å². The van der Waals surface area contributed by atoms with Crippen molar-refractivity contribution >= 4 is 55.3 Å². The van der Waals surface area contributed by atoms with Gasteiger partial charge in [0, 0.05) is 17.6 Å². The molecule has 0 rings (SSSR count). The minimum atomic E-state index is -1.53. The first-order chi connectivity index (χ1) is 10.7. The maximum Gasteiger partial charge on any atom is 0.332 e. The third-order valence-corrected chi connectivity index (χ3v) is 3.19. The van der Waals surface area contributed by atoms with Crippen molar-refractivity contribution in [2.75, 3.05) is 11.5 Å². The van der Waals surface area contributed by atoms with Gasteiger partial charge in [0.05, 0.1) is 18.0 Å². The molecule has 0 fully saturated rings. The van der Waals surface area contributed by atoms with Gasteiger partial charge < -0.3 is 25.6 Å². The lowest BCUT2D eigenvalue weighted by Gasteiger charge is -2.11. The Kier molecular flexibility index (Phi) is 9.74. The zero-order chi connectivity index (χ0) is 18.0. The van der Waals surface area contributed by atoms with Crippen LogP contribution in [-0.4, -0.2) is 63.8 Å². The summed E-state index contributed by atoms with van der Waals surface area (Å²) in [7, 11) is 0. The fraction of sp³-hybridized carbons (Fsp3) is 0.417. The summed E-state index contributed by atoms with van der Waals surface area (Å²) < 4.78 is 0. The van der Waals surface area contributed by atoms with Crippen LogP contribution in [0.15, 0.2) is 11.6 Å². The summed E-state index contributed by atoms with van der Waals surface area (Å²) in [5, 5.41) is 22.0. The smallest absolute Gasteiger partial charge is 0.332 e. The van der Waals surface area contributed by atoms with E-state index in [-0.39, 0.29) is 11.5 Å². The van der Waals surface area contributed by atoms with Crippen molar-refractivity contribution in [3.8, 4) is 0 Å². The summed E-state index contributed by atoms with van der Waals surface area (Å²) in [5.41, 5.74) is -0.563. The first-order valence-corrected chi connectivity index (χ1v) is 7.45. The molecule has 0 bridgehead atoms. The molecule has 0 heterocycles. The number of hydrogen-bond acceptors (Lipinski definition) is 7. The number of aliphatic carboxylic acids is 2. The topological polar surface area (TPSA) is 150 Å². The highest BCUT2D eigenvalue weighted by Gasteiger charge is 2.20. The predicted octanol–water partition coefficient (Wildman–Crippen LogP) is -1.50. The highest BCUT2D eigenvalue weighted by molar-refractivity contribution is 7.80. The van der Waals surface area contributed by atoms with E-state index in [1.807, 2.05) is 5.32 Å². The van der Waals surface area contributed by atoms with E-state index in [1.54, 1.807) is 0 Å². The van der Waals surface area contributed by atoms with Crippen molar-refractivity contribution < 1.29 is 34.2 Å². The van der Waals surface area contributed by atoms with Crippen LogP contribution in [0.4, 0.5) is 0 Å². The van der Waals surface area contributed by atoms with E-state index in [4.69, 9.17) is 10.2 Å². The molecule has 2 atom stereocenters. The van der Waals surface area contributed by atoms with Gasteiger partial charge in [-0.1, -0.05) is 0 Å². The zero-order valence-corrected chi connectivity index (χ0v) is 13.5. The highest BCUT2D eigenvalue weighted by Crippen LogP contribution is 2.03. The minimum absolute atomic E-state index is 0.0318. The maximum atomic E-state index is 11.6. The van der Waals surface area contributed by atoms with Crippen LogP contribution in [0.3, 0.4) is 0 Å². The molecule has 0 saturated heterocycles. The molecule has 0 aromatic rings. The van der Waals surface area contributed by atoms with Crippen LogP contribution < -0.4 is 10.6 Å². The number of carboxylic acid groups (broad SMARTS) is 2. The van der Waals surface area contributed by atoms with Crippen LogP contribution >= 0.6 is 25.3 Å². The highest BCUT2D eigenvalue weighted by atomic mass is 32.1. The Labute approximate surface area is 142 Å². The van der Waals surface area contributed by atoms with Gasteiger partial charge in [0.2, 0.25) is 11.8 Å². The van der Waals surface area contributed by atoms with E-state index in [1.165, 1.54) is 0 Å². The lowest BCUT2D eigenvalue weighted by atomic mass is 10.1. The number of aldehydes is 1. The van der Waals surface area contributed by atoms with Crippen LogP contribution in [0.1, 0.15) is 6.42 Å². The normalized spacial score (nSPS) is 13.6. The standard InChI is InChI=1S/C12H16N2O7S2/c15-3-7(4-22)13-9(16)1-6(11(18)19)2-10(17)14-8(5-23)12(20)21/h2-3,7-8,22-23H,1,4-5H2,(H,13,16)(H,14,17)(H,18,19)(H,20,21)/b6-2-/t7-,8+/m1/s1. The number of rotatable bonds is 10. The summed E-state index contributed by atoms with van der Waals surface area (Å²) in [6.45, 7) is 0. The Hall–Kier alpha value is -2.01. The fourth-order valence-electron chi connectivity index (χ4n) is 1.30. The van der Waals surface area contributed by atoms with Crippen molar-refractivity contribution in [1.82, 2.24) is 10.6 Å². The Balaban J connectivity index is 4.93. The first-order valence-electron chi connectivity index (χ1n) is 6.18. The Morgan fingerprint density at radius 1 is 1.04 bits per heavy atom. The van der Waals surface area contributed by atoms with Crippen molar-refractivity contribution in [2.45, 2.75) is 18.5 Å². The van der Waals surface area contributed by atoms with Crippen LogP contribution in [-0.2, 0) is 24.0 Å². The van der Waals surface area contributed by atoms with Gasteiger partial charge in [0.25, 0.3) is 0 Å². The van der Waals surface area contributed by atoms with Gasteiger partial charge in [-0.05, 0) is 0 Å². The Morgan fingerprint density at radius 2 is 1.65 bits per heavy atom. The van der Waals surface area contributed by atoms with Crippen LogP contribution in [0, 0.1) is 0 Å². The van der Waals surface area contributed by atoms with Gasteiger partial charge in [-0.25, -0.2) is 9.59 Å². The lowest BCUT2D eigenvalue weighted by Crippen LogP contribution is -2.41. The molecule has 0 radical (unpaired) electrons. The first kappa shape index (κ1) is 21.0. The number of carbonyl (C=O) groups excluding carboxylic acids is 3. The Bertz CT molecular complexity index is 522. The number of amides is 2. The lowest BCUT2D eigenvalue weighted by molar-refractivity contribution is -0.140. The molecule has 0 saturated carbocycles. The molecule has 0 unspecified atom stereocenters. The molecule has 23 heavy (non-hydrogen) atoms. The van der Waals surface area contributed by atoms with Gasteiger partial charge in [-0.2, -0.15) is 25.3 Å². The molecule has 2 amide bonds. The molecule has 0 spiro atoms. The van der Waals surface area contributed by atoms with Crippen LogP contribution in [0.2, 0.25) is 0 Å². The molecule has 0 aromatic heterocycles. The predicted molar refractivity (Wildman–Crippen MR) is 85.6 cm³/mol. The maximum absolute atomic E-state index is 11.6. The molecule has 0 aromatic carbocycles. The second-order valence-electron chi connectivity index (χ2n) is 4.23. The second-order valence-corrected chi connectivity index (χ2v) is 4.96. The molecule has 0 aliphatic carbocycles. The quantitative estimate of drug-likeness (QED) is 0.157. The molecule has 128 valence electrons. The fourth-order valence-corrected chi connectivity index (χ4v) is 1.72. The summed E-state index contributed by atoms with van der Waals surface area (Å²) >= 11 is 7.56. The summed E-state index contributed by atoms with van der Waals surface area (Å²) in [6, 6.07) is -2.18. The van der Waals surface area contributed by atoms with Gasteiger partial charge in [0.15, 0.2) is 0 Å². The SMILES string of the molecule is O=C[C@H](CS)NC(=O)C/C(=C/C(=O)N[C@@H](CS)C(=O)O)C(=O)O. The Morgan fingerprint density at radius 3 is 2.04 bits per heavy atom. The van der Waals surface area contributed by atoms with Crippen molar-refractivity contribution in [2.24, 2.45) is 0 Å². The van der Waals surface area contributed by atoms with Crippen molar-refractivity contribution in [3.63, 3.8) is 0 Å². The van der Waals surface area contributed by atoms with Crippen molar-refractivity contribution in [1.29, 1.82) is 0 Å². The molecular formula is C12H16N2O7S2. The van der Waals surface area contributed by atoms with Crippen molar-refractivity contribution in [3.05, 3.63) is 11.6 Å². The van der Waals surface area contributed by atoms with Gasteiger partial charge in [-0.15, -0.1) is 0 Å². The average molecular weight is 364 g/mol. The minimum Gasteiger partial charge on any atom is -0.480 e. The van der Waals surface area contributed by atoms with E-state index in [0.29, 0.717) is 12.4 Å². The molecule has 0 aliphatic rings. The molecule has 9 nitrogen and oxygen atoms in total. The van der Waals surface area contributed by atoms with E-state index >= 15 is 0 Å². The number of carbonyl (C=O) groups is 5. The number of nitrogens with one attached hydrogen (secondary N) is 2. The second kappa shape index (κ2) is 10.7. The van der Waals surface area contributed by atoms with E-state index in [2.05, 4.69) is 30.6 Å². The van der Waals surface area contributed by atoms with E-state index in [0.717, 1.165) is 0 Å². The number of carboxylic acids is 2. The monoisotopic (exact) mass is 364 g/mol. The third kappa shape index (κ3) is 8.26. The van der Waals surface area contributed by atoms with Crippen LogP contribution in [0.5, 0.6) is 0 Å². The van der Waals surface area contributed by atoms with E-state index in [9.17, 15) is 24.0 Å². The molecule has 11 heteroatoms. The zero-order valence-electron chi connectivity index (χ0n) is 11.8. The largest absolute Gasteiger partial charge is 0.480 e.